The lowest BCUT2D eigenvalue weighted by atomic mass is 10.00. The molecule has 1 aliphatic heterocycles. The van der Waals surface area contributed by atoms with Crippen LogP contribution in [0.1, 0.15) is 73.3 Å². The van der Waals surface area contributed by atoms with E-state index in [2.05, 4.69) is 86.8 Å². The number of carbonyl (C=O) groups excluding carboxylic acids is 1. The van der Waals surface area contributed by atoms with E-state index in [0.29, 0.717) is 25.9 Å². The van der Waals surface area contributed by atoms with Crippen molar-refractivity contribution in [3.8, 4) is 0 Å². The van der Waals surface area contributed by atoms with Crippen LogP contribution in [0.4, 0.5) is 0 Å². The van der Waals surface area contributed by atoms with Gasteiger partial charge >= 0.3 is 0 Å². The lowest BCUT2D eigenvalue weighted by Crippen LogP contribution is -2.49. The van der Waals surface area contributed by atoms with E-state index >= 15 is 0 Å². The number of alkyl halides is 4. The third-order valence-corrected chi connectivity index (χ3v) is 21.0. The van der Waals surface area contributed by atoms with E-state index in [1.165, 1.54) is 0 Å². The molecule has 0 amide bonds. The maximum atomic E-state index is 11.1. The molecule has 0 radical (unpaired) electrons. The first-order valence-electron chi connectivity index (χ1n) is 15.8. The van der Waals surface area contributed by atoms with Crippen molar-refractivity contribution in [2.45, 2.75) is 163 Å². The fraction of sp³-hybridized carbons (Fsp3) is 0.788. The van der Waals surface area contributed by atoms with Gasteiger partial charge in [0.05, 0.1) is 46.4 Å². The molecule has 2 rings (SSSR count). The van der Waals surface area contributed by atoms with Crippen molar-refractivity contribution in [1.82, 2.24) is 0 Å². The molecule has 0 saturated carbocycles. The molecule has 1 aliphatic rings. The quantitative estimate of drug-likeness (QED) is 0.0652. The van der Waals surface area contributed by atoms with Gasteiger partial charge in [0.15, 0.2) is 22.9 Å². The normalized spacial score (nSPS) is 22.9. The van der Waals surface area contributed by atoms with Crippen molar-refractivity contribution in [2.24, 2.45) is 0 Å². The number of epoxide rings is 1. The van der Waals surface area contributed by atoms with Gasteiger partial charge in [-0.15, -0.1) is 46.4 Å². The summed E-state index contributed by atoms with van der Waals surface area (Å²) >= 11 is 27.7. The molecule has 0 N–H and O–H groups in total. The number of benzene rings is 1. The summed E-state index contributed by atoms with van der Waals surface area (Å²) in [5.74, 6) is 0. The van der Waals surface area contributed by atoms with Crippen LogP contribution in [0.5, 0.6) is 0 Å². The number of hydrogen-bond acceptors (Lipinski definition) is 5. The van der Waals surface area contributed by atoms with Gasteiger partial charge in [-0.05, 0) is 68.0 Å². The van der Waals surface area contributed by atoms with Crippen LogP contribution in [0, 0.1) is 0 Å². The number of carbonyl (C=O) groups is 1. The summed E-state index contributed by atoms with van der Waals surface area (Å²) in [6.07, 6.45) is 0.814. The minimum Gasteiger partial charge on any atom is -0.412 e. The Kier molecular flexibility index (Phi) is 15.3. The zero-order chi connectivity index (χ0) is 33.7. The molecule has 0 aliphatic carbocycles. The highest BCUT2D eigenvalue weighted by atomic mass is 35.5. The van der Waals surface area contributed by atoms with E-state index in [1.54, 1.807) is 0 Å². The fourth-order valence-electron chi connectivity index (χ4n) is 4.52. The van der Waals surface area contributed by atoms with Gasteiger partial charge in [-0.1, -0.05) is 71.9 Å². The van der Waals surface area contributed by atoms with Crippen LogP contribution in [-0.2, 0) is 29.7 Å². The van der Waals surface area contributed by atoms with Crippen molar-refractivity contribution in [1.29, 1.82) is 0 Å². The number of hydrogen-bond donors (Lipinski definition) is 0. The van der Waals surface area contributed by atoms with Gasteiger partial charge in [0, 0.05) is 0 Å². The van der Waals surface area contributed by atoms with Crippen molar-refractivity contribution in [2.75, 3.05) is 0 Å². The number of aldehydes is 1. The van der Waals surface area contributed by atoms with E-state index in [9.17, 15) is 4.79 Å². The van der Waals surface area contributed by atoms with Crippen molar-refractivity contribution in [3.63, 3.8) is 0 Å². The Bertz CT molecular complexity index is 1020. The SMILES string of the molecule is C[C@H](O[Si](C)(C)C(C)(C)C)[C@@H](CC[C@H](Cl)[C@@H](Cl)[C@@H](C[C@@H](Cl)[C@@H](Cl)[C@H]1O[C@@H]1C=O)O[Si](C)(C)C(C)(C)C)OCc1ccccc1. The van der Waals surface area contributed by atoms with Gasteiger partial charge in [-0.2, -0.15) is 0 Å². The van der Waals surface area contributed by atoms with Gasteiger partial charge in [-0.3, -0.25) is 0 Å². The van der Waals surface area contributed by atoms with Gasteiger partial charge in [0.25, 0.3) is 0 Å². The Morgan fingerprint density at radius 1 is 0.841 bits per heavy atom. The average molecular weight is 731 g/mol. The topological polar surface area (TPSA) is 57.3 Å². The number of halogens is 4. The third-order valence-electron chi connectivity index (χ3n) is 9.61. The molecule has 0 spiro atoms. The van der Waals surface area contributed by atoms with Gasteiger partial charge in [-0.25, -0.2) is 0 Å². The smallest absolute Gasteiger partial charge is 0.192 e. The Morgan fingerprint density at radius 3 is 1.89 bits per heavy atom. The summed E-state index contributed by atoms with van der Waals surface area (Å²) < 4.78 is 25.5. The summed E-state index contributed by atoms with van der Waals surface area (Å²) in [6.45, 7) is 24.8. The summed E-state index contributed by atoms with van der Waals surface area (Å²) in [6, 6.07) is 10.2. The van der Waals surface area contributed by atoms with E-state index in [-0.39, 0.29) is 22.3 Å². The molecule has 1 fully saturated rings. The molecule has 44 heavy (non-hydrogen) atoms. The molecule has 0 bridgehead atoms. The molecule has 11 heteroatoms. The molecule has 5 nitrogen and oxygen atoms in total. The molecule has 1 aromatic rings. The molecule has 1 saturated heterocycles. The van der Waals surface area contributed by atoms with E-state index in [4.69, 9.17) is 64.7 Å². The monoisotopic (exact) mass is 728 g/mol. The largest absolute Gasteiger partial charge is 0.412 e. The maximum Gasteiger partial charge on any atom is 0.192 e. The molecule has 1 aromatic carbocycles. The third kappa shape index (κ3) is 11.8. The van der Waals surface area contributed by atoms with Crippen LogP contribution >= 0.6 is 46.4 Å². The second kappa shape index (κ2) is 16.6. The molecule has 0 aromatic heterocycles. The Balaban J connectivity index is 2.20. The number of rotatable bonds is 18. The first-order chi connectivity index (χ1) is 20.1. The van der Waals surface area contributed by atoms with Crippen LogP contribution in [-0.4, -0.2) is 74.9 Å². The predicted molar refractivity (Wildman–Crippen MR) is 192 cm³/mol. The molecule has 9 atom stereocenters. The molecular weight excluding hydrogens is 674 g/mol. The minimum absolute atomic E-state index is 0.0407. The number of ether oxygens (including phenoxy) is 2. The molecule has 1 heterocycles. The Labute approximate surface area is 289 Å². The van der Waals surface area contributed by atoms with Gasteiger partial charge in [0.2, 0.25) is 0 Å². The van der Waals surface area contributed by atoms with E-state index in [1.807, 2.05) is 18.2 Å². The highest BCUT2D eigenvalue weighted by molar-refractivity contribution is 6.74. The van der Waals surface area contributed by atoms with Crippen LogP contribution < -0.4 is 0 Å². The average Bonchev–Trinajstić information content (AvgIpc) is 3.70. The standard InChI is InChI=1S/C33H56Cl4O5Si2/c1-22(41-43(8,9)32(2,3)4)26(39-21-23-15-13-12-14-16-23)18-17-24(34)29(36)27(42-44(10,11)33(5,6)7)19-25(35)30(37)31-28(20-38)40-31/h12-16,20,22,24-31H,17-19,21H2,1-11H3/t22-,24-,25+,26+,27+,28+,29+,30+,31-/m0/s1. The van der Waals surface area contributed by atoms with E-state index in [0.717, 1.165) is 11.8 Å². The first-order valence-corrected chi connectivity index (χ1v) is 23.4. The lowest BCUT2D eigenvalue weighted by molar-refractivity contribution is -0.108. The summed E-state index contributed by atoms with van der Waals surface area (Å²) in [5, 5.41) is -1.95. The highest BCUT2D eigenvalue weighted by Gasteiger charge is 2.49. The van der Waals surface area contributed by atoms with E-state index < -0.39 is 56.5 Å². The van der Waals surface area contributed by atoms with Crippen molar-refractivity contribution < 1.29 is 23.1 Å². The summed E-state index contributed by atoms with van der Waals surface area (Å²) in [7, 11) is -4.27. The van der Waals surface area contributed by atoms with Crippen LogP contribution in [0.3, 0.4) is 0 Å². The van der Waals surface area contributed by atoms with Crippen molar-refractivity contribution >= 4 is 69.3 Å². The molecular formula is C33H56Cl4O5Si2. The fourth-order valence-corrected chi connectivity index (χ4v) is 8.59. The zero-order valence-electron chi connectivity index (χ0n) is 28.5. The van der Waals surface area contributed by atoms with Crippen LogP contribution in [0.25, 0.3) is 0 Å². The van der Waals surface area contributed by atoms with Crippen LogP contribution in [0.2, 0.25) is 36.3 Å². The zero-order valence-corrected chi connectivity index (χ0v) is 33.6. The van der Waals surface area contributed by atoms with Gasteiger partial charge in [0.1, 0.15) is 12.2 Å². The van der Waals surface area contributed by atoms with Crippen LogP contribution in [0.15, 0.2) is 30.3 Å². The summed E-state index contributed by atoms with van der Waals surface area (Å²) in [4.78, 5) is 11.1. The Hall–Kier alpha value is 0.324. The highest BCUT2D eigenvalue weighted by Crippen LogP contribution is 2.42. The lowest BCUT2D eigenvalue weighted by Gasteiger charge is -2.42. The second-order valence-electron chi connectivity index (χ2n) is 15.3. The predicted octanol–water partition coefficient (Wildman–Crippen LogP) is 9.94. The molecule has 0 unspecified atom stereocenters. The van der Waals surface area contributed by atoms with Crippen molar-refractivity contribution in [3.05, 3.63) is 35.9 Å². The second-order valence-corrected chi connectivity index (χ2v) is 26.9. The van der Waals surface area contributed by atoms with Gasteiger partial charge < -0.3 is 23.1 Å². The minimum atomic E-state index is -2.24. The summed E-state index contributed by atoms with van der Waals surface area (Å²) in [5.41, 5.74) is 1.11. The molecule has 254 valence electrons. The Morgan fingerprint density at radius 2 is 1.39 bits per heavy atom. The first kappa shape index (κ1) is 40.5. The maximum absolute atomic E-state index is 11.1.